The zero-order chi connectivity index (χ0) is 25.2. The molecule has 0 atom stereocenters. The number of nitrogens with one attached hydrogen (secondary N) is 2. The molecule has 0 unspecified atom stereocenters. The van der Waals surface area contributed by atoms with Gasteiger partial charge in [0.25, 0.3) is 5.91 Å². The molecule has 9 nitrogen and oxygen atoms in total. The highest BCUT2D eigenvalue weighted by Gasteiger charge is 2.21. The molecule has 4 aromatic rings. The van der Waals surface area contributed by atoms with Crippen molar-refractivity contribution in [2.24, 2.45) is 0 Å². The second kappa shape index (κ2) is 9.67. The van der Waals surface area contributed by atoms with Crippen molar-refractivity contribution in [2.75, 3.05) is 24.4 Å². The minimum absolute atomic E-state index is 0.109. The Kier molecular flexibility index (Phi) is 6.26. The van der Waals surface area contributed by atoms with Crippen molar-refractivity contribution in [1.29, 1.82) is 0 Å². The number of carbonyl (C=O) groups excluding carboxylic acids is 1. The molecule has 1 aromatic heterocycles. The Labute approximate surface area is 210 Å². The van der Waals surface area contributed by atoms with Gasteiger partial charge in [0.05, 0.1) is 52.5 Å². The normalized spacial score (nSPS) is 12.0. The van der Waals surface area contributed by atoms with Gasteiger partial charge >= 0.3 is 5.69 Å². The molecular weight excluding hydrogens is 480 g/mol. The summed E-state index contributed by atoms with van der Waals surface area (Å²) in [5, 5.41) is 17.5. The highest BCUT2D eigenvalue weighted by atomic mass is 32.1. The molecule has 5 rings (SSSR count). The maximum Gasteiger partial charge on any atom is 0.310 e. The smallest absolute Gasteiger partial charge is 0.310 e. The molecule has 36 heavy (non-hydrogen) atoms. The summed E-state index contributed by atoms with van der Waals surface area (Å²) in [7, 11) is 1.39. The molecule has 0 bridgehead atoms. The Hall–Kier alpha value is -4.44. The van der Waals surface area contributed by atoms with E-state index in [2.05, 4.69) is 15.6 Å². The van der Waals surface area contributed by atoms with E-state index in [-0.39, 0.29) is 17.3 Å². The number of aryl methyl sites for hydroxylation is 1. The zero-order valence-electron chi connectivity index (χ0n) is 19.5. The number of methoxy groups -OCH3 is 1. The Bertz CT molecular complexity index is 1480. The van der Waals surface area contributed by atoms with Crippen molar-refractivity contribution >= 4 is 40.0 Å². The van der Waals surface area contributed by atoms with Crippen molar-refractivity contribution in [1.82, 2.24) is 4.98 Å². The fraction of sp³-hybridized carbons (Fsp3) is 0.154. The van der Waals surface area contributed by atoms with Crippen LogP contribution < -0.4 is 20.1 Å². The maximum absolute atomic E-state index is 13.0. The third-order valence-corrected chi connectivity index (χ3v) is 6.92. The monoisotopic (exact) mass is 502 g/mol. The number of aromatic nitrogens is 1. The van der Waals surface area contributed by atoms with E-state index in [9.17, 15) is 14.9 Å². The largest absolute Gasteiger partial charge is 0.493 e. The van der Waals surface area contributed by atoms with E-state index in [1.54, 1.807) is 41.7 Å². The lowest BCUT2D eigenvalue weighted by molar-refractivity contribution is -0.385. The number of rotatable bonds is 7. The van der Waals surface area contributed by atoms with Crippen LogP contribution in [0.1, 0.15) is 20.9 Å². The number of nitro benzene ring substituents is 1. The molecule has 2 heterocycles. The predicted molar refractivity (Wildman–Crippen MR) is 139 cm³/mol. The van der Waals surface area contributed by atoms with Crippen LogP contribution in [0.25, 0.3) is 11.1 Å². The van der Waals surface area contributed by atoms with Gasteiger partial charge in [-0.2, -0.15) is 0 Å². The molecule has 1 aliphatic rings. The Morgan fingerprint density at radius 2 is 1.81 bits per heavy atom. The van der Waals surface area contributed by atoms with Gasteiger partial charge in [-0.3, -0.25) is 14.9 Å². The summed E-state index contributed by atoms with van der Waals surface area (Å²) in [6, 6.07) is 15.6. The van der Waals surface area contributed by atoms with Gasteiger partial charge in [-0.25, -0.2) is 4.98 Å². The summed E-state index contributed by atoms with van der Waals surface area (Å²) in [5.74, 6) is 0.575. The molecule has 182 valence electrons. The fourth-order valence-electron chi connectivity index (χ4n) is 4.02. The van der Waals surface area contributed by atoms with Gasteiger partial charge in [-0.1, -0.05) is 6.07 Å². The second-order valence-corrected chi connectivity index (χ2v) is 9.09. The fourth-order valence-corrected chi connectivity index (χ4v) is 4.78. The van der Waals surface area contributed by atoms with Crippen molar-refractivity contribution in [3.05, 3.63) is 86.4 Å². The Morgan fingerprint density at radius 1 is 1.00 bits per heavy atom. The molecule has 0 spiro atoms. The zero-order valence-corrected chi connectivity index (χ0v) is 20.3. The van der Waals surface area contributed by atoms with Crippen molar-refractivity contribution < 1.29 is 19.2 Å². The number of anilines is 3. The van der Waals surface area contributed by atoms with Crippen molar-refractivity contribution in [3.63, 3.8) is 0 Å². The lowest BCUT2D eigenvalue weighted by Crippen LogP contribution is -2.11. The predicted octanol–water partition coefficient (Wildman–Crippen LogP) is 5.97. The first kappa shape index (κ1) is 23.3. The van der Waals surface area contributed by atoms with Crippen molar-refractivity contribution in [3.8, 4) is 22.6 Å². The van der Waals surface area contributed by atoms with Crippen LogP contribution >= 0.6 is 11.3 Å². The van der Waals surface area contributed by atoms with Gasteiger partial charge in [-0.05, 0) is 54.4 Å². The molecule has 1 amide bonds. The number of hydrogen-bond donors (Lipinski definition) is 2. The van der Waals surface area contributed by atoms with E-state index >= 15 is 0 Å². The van der Waals surface area contributed by atoms with Gasteiger partial charge in [-0.15, -0.1) is 11.3 Å². The SMILES string of the molecule is COc1cc(-c2ccc3c(c2)Nc2ccc(OCCc4scnc4C)cc2NC3=O)ccc1[N+](=O)[O-]. The first-order chi connectivity index (χ1) is 17.4. The van der Waals surface area contributed by atoms with E-state index in [1.165, 1.54) is 18.1 Å². The quantitative estimate of drug-likeness (QED) is 0.236. The number of hydrogen-bond acceptors (Lipinski definition) is 8. The number of fused-ring (bicyclic) bond motifs is 2. The molecule has 0 saturated heterocycles. The van der Waals surface area contributed by atoms with Crippen LogP contribution in [0.3, 0.4) is 0 Å². The summed E-state index contributed by atoms with van der Waals surface area (Å²) < 4.78 is 11.1. The Morgan fingerprint density at radius 3 is 2.56 bits per heavy atom. The standard InChI is InChI=1S/C26H22N4O5S/c1-15-25(36-14-27-15)9-10-35-18-5-7-20-22(13-18)29-26(31)19-6-3-16(11-21(19)28-20)17-4-8-23(30(32)33)24(12-17)34-2/h3-8,11-14,28H,9-10H2,1-2H3,(H,29,31). The third-order valence-electron chi connectivity index (χ3n) is 5.93. The molecule has 0 radical (unpaired) electrons. The van der Waals surface area contributed by atoms with Crippen LogP contribution in [0.5, 0.6) is 11.5 Å². The topological polar surface area (TPSA) is 116 Å². The molecule has 0 fully saturated rings. The number of thiazole rings is 1. The summed E-state index contributed by atoms with van der Waals surface area (Å²) in [6.07, 6.45) is 0.764. The number of ether oxygens (including phenoxy) is 2. The molecule has 0 aliphatic carbocycles. The molecule has 1 aliphatic heterocycles. The van der Waals surface area contributed by atoms with Gasteiger partial charge < -0.3 is 20.1 Å². The minimum atomic E-state index is -0.485. The number of carbonyl (C=O) groups is 1. The highest BCUT2D eigenvalue weighted by molar-refractivity contribution is 7.09. The Balaban J connectivity index is 1.38. The molecule has 10 heteroatoms. The summed E-state index contributed by atoms with van der Waals surface area (Å²) in [6.45, 7) is 2.49. The average Bonchev–Trinajstić information content (AvgIpc) is 3.22. The first-order valence-corrected chi connectivity index (χ1v) is 12.0. The summed E-state index contributed by atoms with van der Waals surface area (Å²) in [4.78, 5) is 29.1. The number of benzene rings is 3. The van der Waals surface area contributed by atoms with Crippen LogP contribution in [-0.4, -0.2) is 29.5 Å². The van der Waals surface area contributed by atoms with Crippen LogP contribution in [0.4, 0.5) is 22.7 Å². The first-order valence-electron chi connectivity index (χ1n) is 11.1. The summed E-state index contributed by atoms with van der Waals surface area (Å²) in [5.41, 5.74) is 6.69. The molecule has 0 saturated carbocycles. The number of nitrogens with zero attached hydrogens (tertiary/aromatic N) is 2. The minimum Gasteiger partial charge on any atom is -0.493 e. The number of amides is 1. The van der Waals surface area contributed by atoms with Crippen molar-refractivity contribution in [2.45, 2.75) is 13.3 Å². The second-order valence-electron chi connectivity index (χ2n) is 8.15. The number of nitro groups is 1. The van der Waals surface area contributed by atoms with Crippen LogP contribution in [0, 0.1) is 17.0 Å². The van der Waals surface area contributed by atoms with E-state index < -0.39 is 4.92 Å². The van der Waals surface area contributed by atoms with Crippen LogP contribution in [0.2, 0.25) is 0 Å². The van der Waals surface area contributed by atoms with E-state index in [0.29, 0.717) is 29.3 Å². The van der Waals surface area contributed by atoms with E-state index in [0.717, 1.165) is 28.9 Å². The maximum atomic E-state index is 13.0. The van der Waals surface area contributed by atoms with Gasteiger partial charge in [0.1, 0.15) is 5.75 Å². The molecular formula is C26H22N4O5S. The van der Waals surface area contributed by atoms with E-state index in [1.807, 2.05) is 30.6 Å². The van der Waals surface area contributed by atoms with E-state index in [4.69, 9.17) is 9.47 Å². The van der Waals surface area contributed by atoms with Gasteiger partial charge in [0.2, 0.25) is 0 Å². The van der Waals surface area contributed by atoms with Crippen LogP contribution in [-0.2, 0) is 6.42 Å². The summed E-state index contributed by atoms with van der Waals surface area (Å²) >= 11 is 1.61. The van der Waals surface area contributed by atoms with Crippen LogP contribution in [0.15, 0.2) is 60.1 Å². The van der Waals surface area contributed by atoms with Gasteiger partial charge in [0, 0.05) is 23.4 Å². The third kappa shape index (κ3) is 4.58. The molecule has 2 N–H and O–H groups in total. The average molecular weight is 503 g/mol. The molecule has 3 aromatic carbocycles. The lowest BCUT2D eigenvalue weighted by atomic mass is 10.0. The highest BCUT2D eigenvalue weighted by Crippen LogP contribution is 2.38. The lowest BCUT2D eigenvalue weighted by Gasteiger charge is -2.12. The van der Waals surface area contributed by atoms with Gasteiger partial charge in [0.15, 0.2) is 5.75 Å².